The Morgan fingerprint density at radius 1 is 1.35 bits per heavy atom. The summed E-state index contributed by atoms with van der Waals surface area (Å²) in [6, 6.07) is 3.83. The number of furan rings is 1. The average Bonchev–Trinajstić information content (AvgIpc) is 3.21. The third kappa shape index (κ3) is 2.88. The molecule has 1 aliphatic rings. The van der Waals surface area contributed by atoms with Crippen LogP contribution in [-0.4, -0.2) is 17.6 Å². The smallest absolute Gasteiger partial charge is 0.350 e. The van der Waals surface area contributed by atoms with Gasteiger partial charge >= 0.3 is 5.97 Å². The molecule has 0 aromatic carbocycles. The number of nitrogens with two attached hydrogens (primary N) is 1. The van der Waals surface area contributed by atoms with Gasteiger partial charge in [0, 0.05) is 16.6 Å². The molecule has 3 heterocycles. The second-order valence-corrected chi connectivity index (χ2v) is 7.61. The Hall–Kier alpha value is -2.34. The third-order valence-corrected chi connectivity index (χ3v) is 5.87. The first kappa shape index (κ1) is 17.1. The van der Waals surface area contributed by atoms with Crippen molar-refractivity contribution in [2.45, 2.75) is 45.4 Å². The predicted octanol–water partition coefficient (Wildman–Crippen LogP) is 4.97. The van der Waals surface area contributed by atoms with Crippen LogP contribution < -0.4 is 5.73 Å². The molecule has 3 aromatic heterocycles. The van der Waals surface area contributed by atoms with Crippen LogP contribution in [0.5, 0.6) is 0 Å². The van der Waals surface area contributed by atoms with E-state index in [1.807, 2.05) is 19.1 Å². The van der Waals surface area contributed by atoms with Crippen molar-refractivity contribution in [1.82, 2.24) is 4.98 Å². The number of hydrogen-bond acceptors (Lipinski definition) is 6. The van der Waals surface area contributed by atoms with E-state index in [2.05, 4.69) is 0 Å². The Kier molecular flexibility index (Phi) is 4.68. The van der Waals surface area contributed by atoms with Gasteiger partial charge < -0.3 is 14.9 Å². The van der Waals surface area contributed by atoms with Crippen LogP contribution in [-0.2, 0) is 17.6 Å². The van der Waals surface area contributed by atoms with Crippen molar-refractivity contribution in [3.8, 4) is 11.3 Å². The van der Waals surface area contributed by atoms with Crippen molar-refractivity contribution >= 4 is 33.2 Å². The zero-order valence-corrected chi connectivity index (χ0v) is 15.7. The molecule has 26 heavy (non-hydrogen) atoms. The molecule has 6 heteroatoms. The summed E-state index contributed by atoms with van der Waals surface area (Å²) < 4.78 is 11.0. The summed E-state index contributed by atoms with van der Waals surface area (Å²) in [5.41, 5.74) is 10.2. The number of ether oxygens (including phenoxy) is 1. The lowest BCUT2D eigenvalue weighted by molar-refractivity contribution is 0.0512. The van der Waals surface area contributed by atoms with Gasteiger partial charge in [-0.15, -0.1) is 11.3 Å². The number of thiophene rings is 1. The molecule has 5 nitrogen and oxygen atoms in total. The van der Waals surface area contributed by atoms with Crippen molar-refractivity contribution in [3.63, 3.8) is 0 Å². The van der Waals surface area contributed by atoms with Crippen molar-refractivity contribution in [2.75, 3.05) is 12.3 Å². The lowest BCUT2D eigenvalue weighted by Crippen LogP contribution is -2.06. The molecule has 136 valence electrons. The lowest BCUT2D eigenvalue weighted by Gasteiger charge is -2.12. The molecule has 0 saturated heterocycles. The summed E-state index contributed by atoms with van der Waals surface area (Å²) in [7, 11) is 0. The molecular weight excluding hydrogens is 348 g/mol. The number of carbonyl (C=O) groups is 1. The minimum Gasteiger partial charge on any atom is -0.464 e. The summed E-state index contributed by atoms with van der Waals surface area (Å²) in [5, 5.41) is 0.828. The van der Waals surface area contributed by atoms with Gasteiger partial charge in [0.25, 0.3) is 0 Å². The topological polar surface area (TPSA) is 78.3 Å². The van der Waals surface area contributed by atoms with Crippen LogP contribution in [0.1, 0.15) is 53.5 Å². The molecular formula is C20H22N2O3S. The average molecular weight is 370 g/mol. The highest BCUT2D eigenvalue weighted by Crippen LogP contribution is 2.43. The Bertz CT molecular complexity index is 944. The number of aryl methyl sites for hydroxylation is 1. The number of pyridine rings is 1. The fourth-order valence-electron chi connectivity index (χ4n) is 3.59. The first-order valence-electron chi connectivity index (χ1n) is 9.15. The SMILES string of the molecule is CCCOC(=O)c1sc2nc3c(c(-c4ccco4)c2c1N)CCCCC3. The first-order valence-corrected chi connectivity index (χ1v) is 9.97. The minimum absolute atomic E-state index is 0.368. The van der Waals surface area contributed by atoms with Crippen LogP contribution in [0.4, 0.5) is 5.69 Å². The molecule has 0 fully saturated rings. The fourth-order valence-corrected chi connectivity index (χ4v) is 4.61. The van der Waals surface area contributed by atoms with Gasteiger partial charge in [0.2, 0.25) is 0 Å². The first-order chi connectivity index (χ1) is 12.7. The standard InChI is InChI=1S/C20H22N2O3S/c1-2-10-25-20(23)18-17(21)16-15(14-9-6-11-24-14)12-7-4-3-5-8-13(12)22-19(16)26-18/h6,9,11H,2-5,7-8,10,21H2,1H3. The van der Waals surface area contributed by atoms with Crippen molar-refractivity contribution < 1.29 is 13.9 Å². The number of fused-ring (bicyclic) bond motifs is 2. The number of rotatable bonds is 4. The van der Waals surface area contributed by atoms with E-state index in [-0.39, 0.29) is 5.97 Å². The van der Waals surface area contributed by atoms with E-state index in [4.69, 9.17) is 19.9 Å². The van der Waals surface area contributed by atoms with E-state index in [9.17, 15) is 4.79 Å². The van der Waals surface area contributed by atoms with Gasteiger partial charge in [-0.3, -0.25) is 0 Å². The summed E-state index contributed by atoms with van der Waals surface area (Å²) >= 11 is 1.32. The largest absolute Gasteiger partial charge is 0.464 e. The van der Waals surface area contributed by atoms with Gasteiger partial charge in [0.15, 0.2) is 0 Å². The molecule has 0 saturated carbocycles. The maximum absolute atomic E-state index is 12.4. The van der Waals surface area contributed by atoms with Gasteiger partial charge in [0.1, 0.15) is 15.5 Å². The normalized spacial score (nSPS) is 14.2. The molecule has 0 aliphatic heterocycles. The monoisotopic (exact) mass is 370 g/mol. The van der Waals surface area contributed by atoms with Gasteiger partial charge in [-0.05, 0) is 49.8 Å². The van der Waals surface area contributed by atoms with E-state index >= 15 is 0 Å². The summed E-state index contributed by atoms with van der Waals surface area (Å²) in [4.78, 5) is 18.5. The Morgan fingerprint density at radius 3 is 2.96 bits per heavy atom. The maximum Gasteiger partial charge on any atom is 0.350 e. The van der Waals surface area contributed by atoms with E-state index < -0.39 is 0 Å². The molecule has 0 amide bonds. The third-order valence-electron chi connectivity index (χ3n) is 4.79. The Balaban J connectivity index is 1.96. The number of anilines is 1. The van der Waals surface area contributed by atoms with Gasteiger partial charge in [0.05, 0.1) is 18.6 Å². The molecule has 3 aromatic rings. The minimum atomic E-state index is -0.368. The number of hydrogen-bond donors (Lipinski definition) is 1. The van der Waals surface area contributed by atoms with Crippen LogP contribution in [0.25, 0.3) is 21.5 Å². The van der Waals surface area contributed by atoms with E-state index in [0.717, 1.165) is 59.3 Å². The zero-order chi connectivity index (χ0) is 18.1. The lowest BCUT2D eigenvalue weighted by atomic mass is 9.96. The molecule has 2 N–H and O–H groups in total. The van der Waals surface area contributed by atoms with Crippen LogP contribution in [0.2, 0.25) is 0 Å². The predicted molar refractivity (Wildman–Crippen MR) is 104 cm³/mol. The van der Waals surface area contributed by atoms with Crippen LogP contribution in [0.3, 0.4) is 0 Å². The van der Waals surface area contributed by atoms with E-state index in [0.29, 0.717) is 17.2 Å². The molecule has 0 unspecified atom stereocenters. The Morgan fingerprint density at radius 2 is 2.19 bits per heavy atom. The number of aromatic nitrogens is 1. The molecule has 0 radical (unpaired) electrons. The number of nitrogen functional groups attached to an aromatic ring is 1. The van der Waals surface area contributed by atoms with Gasteiger partial charge in [-0.1, -0.05) is 13.3 Å². The highest BCUT2D eigenvalue weighted by Gasteiger charge is 2.26. The quantitative estimate of drug-likeness (QED) is 0.518. The van der Waals surface area contributed by atoms with Crippen molar-refractivity contribution in [1.29, 1.82) is 0 Å². The number of carbonyl (C=O) groups excluding carboxylic acids is 1. The highest BCUT2D eigenvalue weighted by atomic mass is 32.1. The molecule has 0 atom stereocenters. The highest BCUT2D eigenvalue weighted by molar-refractivity contribution is 7.21. The molecule has 0 spiro atoms. The summed E-state index contributed by atoms with van der Waals surface area (Å²) in [6.45, 7) is 2.36. The summed E-state index contributed by atoms with van der Waals surface area (Å²) in [5.74, 6) is 0.418. The fraction of sp³-hybridized carbons (Fsp3) is 0.400. The van der Waals surface area contributed by atoms with E-state index in [1.165, 1.54) is 23.3 Å². The second kappa shape index (κ2) is 7.11. The van der Waals surface area contributed by atoms with Crippen molar-refractivity contribution in [2.24, 2.45) is 0 Å². The zero-order valence-electron chi connectivity index (χ0n) is 14.8. The van der Waals surface area contributed by atoms with Crippen LogP contribution in [0, 0.1) is 0 Å². The molecule has 1 aliphatic carbocycles. The Labute approximate surface area is 156 Å². The summed E-state index contributed by atoms with van der Waals surface area (Å²) in [6.07, 6.45) is 7.82. The second-order valence-electron chi connectivity index (χ2n) is 6.61. The molecule has 4 rings (SSSR count). The number of esters is 1. The van der Waals surface area contributed by atoms with E-state index in [1.54, 1.807) is 6.26 Å². The van der Waals surface area contributed by atoms with Gasteiger partial charge in [-0.25, -0.2) is 9.78 Å². The molecule has 0 bridgehead atoms. The van der Waals surface area contributed by atoms with Crippen molar-refractivity contribution in [3.05, 3.63) is 34.5 Å². The number of nitrogens with zero attached hydrogens (tertiary/aromatic N) is 1. The van der Waals surface area contributed by atoms with Crippen LogP contribution >= 0.6 is 11.3 Å². The van der Waals surface area contributed by atoms with Gasteiger partial charge in [-0.2, -0.15) is 0 Å². The van der Waals surface area contributed by atoms with Crippen LogP contribution in [0.15, 0.2) is 22.8 Å². The maximum atomic E-state index is 12.4.